The largest absolute Gasteiger partial charge is 0.383 e. The summed E-state index contributed by atoms with van der Waals surface area (Å²) in [5.41, 5.74) is -0.569. The molecule has 0 saturated carbocycles. The second kappa shape index (κ2) is 4.58. The maximum Gasteiger partial charge on any atom is 0.143 e. The average Bonchev–Trinajstić information content (AvgIpc) is 2.72. The van der Waals surface area contributed by atoms with Crippen LogP contribution in [-0.2, 0) is 5.60 Å². The number of rotatable bonds is 1. The predicted molar refractivity (Wildman–Crippen MR) is 71.8 cm³/mol. The number of halogens is 2. The average molecular weight is 314 g/mol. The molecular formula is C14H17BrFNO. The molecular weight excluding hydrogens is 297 g/mol. The number of aliphatic hydroxyl groups is 1. The van der Waals surface area contributed by atoms with E-state index in [4.69, 9.17) is 0 Å². The zero-order valence-electron chi connectivity index (χ0n) is 10.2. The van der Waals surface area contributed by atoms with Crippen LogP contribution in [0.1, 0.15) is 31.2 Å². The fourth-order valence-corrected chi connectivity index (χ4v) is 3.80. The van der Waals surface area contributed by atoms with Gasteiger partial charge in [0.2, 0.25) is 0 Å². The van der Waals surface area contributed by atoms with Crippen molar-refractivity contribution in [3.05, 3.63) is 34.1 Å². The molecule has 4 heteroatoms. The summed E-state index contributed by atoms with van der Waals surface area (Å²) in [5.74, 6) is -0.313. The van der Waals surface area contributed by atoms with Crippen LogP contribution in [0.15, 0.2) is 22.7 Å². The number of fused-ring (bicyclic) bond motifs is 1. The highest BCUT2D eigenvalue weighted by Crippen LogP contribution is 2.43. The van der Waals surface area contributed by atoms with Crippen molar-refractivity contribution >= 4 is 15.9 Å². The third-order valence-corrected chi connectivity index (χ3v) is 4.98. The first-order chi connectivity index (χ1) is 8.63. The van der Waals surface area contributed by atoms with Crippen LogP contribution in [0.5, 0.6) is 0 Å². The van der Waals surface area contributed by atoms with Gasteiger partial charge < -0.3 is 5.11 Å². The highest BCUT2D eigenvalue weighted by atomic mass is 79.9. The Labute approximate surface area is 115 Å². The Morgan fingerprint density at radius 2 is 2.17 bits per heavy atom. The van der Waals surface area contributed by atoms with Crippen molar-refractivity contribution in [1.82, 2.24) is 4.90 Å². The molecule has 2 heterocycles. The molecule has 0 bridgehead atoms. The number of hydrogen-bond acceptors (Lipinski definition) is 2. The van der Waals surface area contributed by atoms with Crippen LogP contribution in [0.3, 0.4) is 0 Å². The molecule has 2 aliphatic rings. The van der Waals surface area contributed by atoms with Crippen molar-refractivity contribution in [2.45, 2.75) is 37.3 Å². The molecule has 2 unspecified atom stereocenters. The summed E-state index contributed by atoms with van der Waals surface area (Å²) in [6, 6.07) is 5.27. The smallest absolute Gasteiger partial charge is 0.143 e. The van der Waals surface area contributed by atoms with Gasteiger partial charge in [-0.3, -0.25) is 4.90 Å². The van der Waals surface area contributed by atoms with Gasteiger partial charge in [0.1, 0.15) is 11.4 Å². The van der Waals surface area contributed by atoms with Crippen LogP contribution in [0.2, 0.25) is 0 Å². The van der Waals surface area contributed by atoms with E-state index in [9.17, 15) is 9.50 Å². The summed E-state index contributed by atoms with van der Waals surface area (Å²) in [5, 5.41) is 11.0. The first-order valence-electron chi connectivity index (χ1n) is 6.54. The van der Waals surface area contributed by atoms with Crippen LogP contribution in [0, 0.1) is 5.82 Å². The fraction of sp³-hybridized carbons (Fsp3) is 0.571. The Balaban J connectivity index is 2.01. The van der Waals surface area contributed by atoms with E-state index < -0.39 is 5.60 Å². The lowest BCUT2D eigenvalue weighted by Crippen LogP contribution is -2.45. The van der Waals surface area contributed by atoms with E-state index in [1.807, 2.05) is 0 Å². The number of hydrogen-bond donors (Lipinski definition) is 1. The van der Waals surface area contributed by atoms with Gasteiger partial charge in [0.25, 0.3) is 0 Å². The third kappa shape index (κ3) is 1.82. The normalized spacial score (nSPS) is 32.5. The zero-order valence-corrected chi connectivity index (χ0v) is 11.8. The van der Waals surface area contributed by atoms with Gasteiger partial charge in [-0.05, 0) is 47.8 Å². The second-order valence-corrected chi connectivity index (χ2v) is 6.18. The molecule has 0 amide bonds. The van der Waals surface area contributed by atoms with Crippen molar-refractivity contribution in [3.8, 4) is 0 Å². The van der Waals surface area contributed by atoms with Gasteiger partial charge >= 0.3 is 0 Å². The van der Waals surface area contributed by atoms with Crippen LogP contribution in [0.25, 0.3) is 0 Å². The highest BCUT2D eigenvalue weighted by Gasteiger charge is 2.49. The molecule has 0 radical (unpaired) electrons. The Bertz CT molecular complexity index is 467. The van der Waals surface area contributed by atoms with E-state index in [0.29, 0.717) is 16.5 Å². The van der Waals surface area contributed by atoms with E-state index in [1.54, 1.807) is 18.2 Å². The zero-order chi connectivity index (χ0) is 12.8. The standard InChI is InChI=1S/C14H17BrFNO/c15-11-5-3-4-10(13(11)16)14(18)7-9-17-8-2-1-6-12(14)17/h3-5,12,18H,1-2,6-9H2. The lowest BCUT2D eigenvalue weighted by Gasteiger charge is -2.37. The molecule has 1 N–H and O–H groups in total. The van der Waals surface area contributed by atoms with Crippen LogP contribution >= 0.6 is 15.9 Å². The lowest BCUT2D eigenvalue weighted by atomic mass is 9.82. The second-order valence-electron chi connectivity index (χ2n) is 5.32. The summed E-state index contributed by atoms with van der Waals surface area (Å²) in [7, 11) is 0. The highest BCUT2D eigenvalue weighted by molar-refractivity contribution is 9.10. The van der Waals surface area contributed by atoms with Crippen molar-refractivity contribution in [3.63, 3.8) is 0 Å². The molecule has 2 nitrogen and oxygen atoms in total. The fourth-order valence-electron chi connectivity index (χ4n) is 3.43. The molecule has 1 aromatic carbocycles. The number of benzene rings is 1. The molecule has 0 spiro atoms. The summed E-state index contributed by atoms with van der Waals surface area (Å²) in [6.07, 6.45) is 3.90. The van der Waals surface area contributed by atoms with Crippen LogP contribution in [0.4, 0.5) is 4.39 Å². The van der Waals surface area contributed by atoms with Gasteiger partial charge in [-0.25, -0.2) is 4.39 Å². The van der Waals surface area contributed by atoms with E-state index in [0.717, 1.165) is 25.9 Å². The maximum absolute atomic E-state index is 14.2. The Hall–Kier alpha value is -0.450. The molecule has 2 fully saturated rings. The molecule has 0 aromatic heterocycles. The maximum atomic E-state index is 14.2. The Morgan fingerprint density at radius 1 is 1.33 bits per heavy atom. The summed E-state index contributed by atoms with van der Waals surface area (Å²) in [4.78, 5) is 2.31. The van der Waals surface area contributed by atoms with Crippen molar-refractivity contribution in [2.24, 2.45) is 0 Å². The predicted octanol–water partition coefficient (Wildman–Crippen LogP) is 3.03. The Morgan fingerprint density at radius 3 is 3.00 bits per heavy atom. The topological polar surface area (TPSA) is 23.5 Å². The number of nitrogens with zero attached hydrogens (tertiary/aromatic N) is 1. The minimum atomic E-state index is -1.02. The minimum absolute atomic E-state index is 0.0787. The van der Waals surface area contributed by atoms with Crippen molar-refractivity contribution < 1.29 is 9.50 Å². The van der Waals surface area contributed by atoms with Gasteiger partial charge in [-0.1, -0.05) is 18.6 Å². The third-order valence-electron chi connectivity index (χ3n) is 4.36. The van der Waals surface area contributed by atoms with Gasteiger partial charge in [-0.15, -0.1) is 0 Å². The summed E-state index contributed by atoms with van der Waals surface area (Å²) >= 11 is 3.21. The van der Waals surface area contributed by atoms with Crippen LogP contribution in [-0.4, -0.2) is 29.1 Å². The van der Waals surface area contributed by atoms with E-state index >= 15 is 0 Å². The van der Waals surface area contributed by atoms with E-state index in [1.165, 1.54) is 6.42 Å². The first-order valence-corrected chi connectivity index (χ1v) is 7.33. The first kappa shape index (κ1) is 12.6. The van der Waals surface area contributed by atoms with Crippen molar-refractivity contribution in [1.29, 1.82) is 0 Å². The molecule has 0 aliphatic carbocycles. The van der Waals surface area contributed by atoms with Crippen molar-refractivity contribution in [2.75, 3.05) is 13.1 Å². The quantitative estimate of drug-likeness (QED) is 0.861. The van der Waals surface area contributed by atoms with Gasteiger partial charge in [-0.2, -0.15) is 0 Å². The lowest BCUT2D eigenvalue weighted by molar-refractivity contribution is -0.0165. The minimum Gasteiger partial charge on any atom is -0.383 e. The van der Waals surface area contributed by atoms with Gasteiger partial charge in [0.05, 0.1) is 4.47 Å². The molecule has 1 aromatic rings. The van der Waals surface area contributed by atoms with Crippen LogP contribution < -0.4 is 0 Å². The monoisotopic (exact) mass is 313 g/mol. The summed E-state index contributed by atoms with van der Waals surface area (Å²) in [6.45, 7) is 1.90. The molecule has 3 rings (SSSR count). The summed E-state index contributed by atoms with van der Waals surface area (Å²) < 4.78 is 14.7. The van der Waals surface area contributed by atoms with Gasteiger partial charge in [0, 0.05) is 18.2 Å². The van der Waals surface area contributed by atoms with E-state index in [-0.39, 0.29) is 11.9 Å². The molecule has 2 saturated heterocycles. The Kier molecular flexibility index (Phi) is 3.20. The van der Waals surface area contributed by atoms with Gasteiger partial charge in [0.15, 0.2) is 0 Å². The molecule has 98 valence electrons. The molecule has 2 aliphatic heterocycles. The molecule has 18 heavy (non-hydrogen) atoms. The molecule has 2 atom stereocenters. The SMILES string of the molecule is OC1(c2cccc(Br)c2F)CCN2CCCCC21. The van der Waals surface area contributed by atoms with E-state index in [2.05, 4.69) is 20.8 Å². The number of piperidine rings is 1.